The summed E-state index contributed by atoms with van der Waals surface area (Å²) in [5, 5.41) is 10.1. The van der Waals surface area contributed by atoms with Gasteiger partial charge in [0.05, 0.1) is 11.3 Å². The van der Waals surface area contributed by atoms with Gasteiger partial charge in [0.15, 0.2) is 0 Å². The number of aliphatic hydroxyl groups excluding tert-OH is 1. The molecule has 2 aromatic rings. The maximum absolute atomic E-state index is 13.1. The molecule has 0 atom stereocenters. The van der Waals surface area contributed by atoms with Crippen molar-refractivity contribution in [1.82, 2.24) is 9.55 Å². The number of fused-ring (bicyclic) bond motifs is 1. The quantitative estimate of drug-likeness (QED) is 0.512. The first kappa shape index (κ1) is 17.8. The van der Waals surface area contributed by atoms with E-state index < -0.39 is 0 Å². The van der Waals surface area contributed by atoms with Crippen molar-refractivity contribution in [2.45, 2.75) is 39.2 Å². The normalized spacial score (nSPS) is 14.2. The van der Waals surface area contributed by atoms with Crippen LogP contribution in [0.5, 0.6) is 0 Å². The predicted molar refractivity (Wildman–Crippen MR) is 104 cm³/mol. The Kier molecular flexibility index (Phi) is 5.38. The van der Waals surface area contributed by atoms with Crippen molar-refractivity contribution in [3.63, 3.8) is 0 Å². The van der Waals surface area contributed by atoms with E-state index in [1.165, 1.54) is 6.08 Å². The average Bonchev–Trinajstić information content (AvgIpc) is 3.11. The molecule has 1 aromatic heterocycles. The van der Waals surface area contributed by atoms with E-state index in [0.717, 1.165) is 36.1 Å². The Hall–Kier alpha value is -3.06. The van der Waals surface area contributed by atoms with E-state index in [1.807, 2.05) is 30.3 Å². The van der Waals surface area contributed by atoms with Crippen LogP contribution >= 0.6 is 0 Å². The molecule has 1 N–H and O–H groups in total. The van der Waals surface area contributed by atoms with Crippen molar-refractivity contribution in [3.05, 3.63) is 81.2 Å². The summed E-state index contributed by atoms with van der Waals surface area (Å²) in [6.07, 6.45) is 11.7. The van der Waals surface area contributed by atoms with Gasteiger partial charge < -0.3 is 5.11 Å². The van der Waals surface area contributed by atoms with Gasteiger partial charge in [0.1, 0.15) is 11.6 Å². The Morgan fingerprint density at radius 3 is 2.81 bits per heavy atom. The lowest BCUT2D eigenvalue weighted by atomic mass is 10.1. The topological polar surface area (TPSA) is 55.1 Å². The molecule has 0 spiro atoms. The summed E-state index contributed by atoms with van der Waals surface area (Å²) in [7, 11) is 0. The molecule has 1 aromatic carbocycles. The number of aromatic nitrogens is 2. The van der Waals surface area contributed by atoms with Crippen LogP contribution in [0.25, 0.3) is 5.57 Å². The van der Waals surface area contributed by atoms with Gasteiger partial charge in [-0.15, -0.1) is 6.42 Å². The zero-order valence-electron chi connectivity index (χ0n) is 14.9. The van der Waals surface area contributed by atoms with Crippen LogP contribution in [0.4, 0.5) is 0 Å². The highest BCUT2D eigenvalue weighted by molar-refractivity contribution is 5.72. The third-order valence-corrected chi connectivity index (χ3v) is 4.63. The monoisotopic (exact) mass is 346 g/mol. The molecule has 26 heavy (non-hydrogen) atoms. The largest absolute Gasteiger partial charge is 0.512 e. The molecule has 1 heterocycles. The molecule has 1 aliphatic rings. The van der Waals surface area contributed by atoms with Crippen molar-refractivity contribution < 1.29 is 5.11 Å². The Labute approximate surface area is 153 Å². The van der Waals surface area contributed by atoms with Gasteiger partial charge in [-0.3, -0.25) is 9.36 Å². The standard InChI is InChI=1S/C22H22N2O2/c1-3-4-11-18(16(2)25)21-23-20-13-8-12-19(20)22(26)24(21)15-14-17-9-6-5-7-10-17/h1,4-7,9-11,25H,8,12-15H2,2H3/b11-4-,18-16-. The number of benzene rings is 1. The molecular formula is C22H22N2O2. The maximum atomic E-state index is 13.1. The van der Waals surface area contributed by atoms with Crippen molar-refractivity contribution in [2.75, 3.05) is 0 Å². The fourth-order valence-corrected chi connectivity index (χ4v) is 3.32. The molecule has 0 unspecified atom stereocenters. The maximum Gasteiger partial charge on any atom is 0.257 e. The molecule has 0 radical (unpaired) electrons. The Bertz CT molecular complexity index is 956. The molecule has 1 aliphatic carbocycles. The van der Waals surface area contributed by atoms with Crippen LogP contribution in [0.15, 0.2) is 53.0 Å². The highest BCUT2D eigenvalue weighted by atomic mass is 16.3. The molecule has 0 bridgehead atoms. The lowest BCUT2D eigenvalue weighted by Crippen LogP contribution is -2.29. The third-order valence-electron chi connectivity index (χ3n) is 4.63. The SMILES string of the molecule is C#C/C=C\C(=C(/C)O)c1nc2c(c(=O)n1CCc1ccccc1)CCC2. The summed E-state index contributed by atoms with van der Waals surface area (Å²) in [4.78, 5) is 17.8. The van der Waals surface area contributed by atoms with Gasteiger partial charge >= 0.3 is 0 Å². The minimum atomic E-state index is -0.00807. The van der Waals surface area contributed by atoms with E-state index in [2.05, 4.69) is 5.92 Å². The molecule has 0 saturated heterocycles. The van der Waals surface area contributed by atoms with Crippen LogP contribution in [0.2, 0.25) is 0 Å². The van der Waals surface area contributed by atoms with Gasteiger partial charge in [-0.25, -0.2) is 4.98 Å². The minimum Gasteiger partial charge on any atom is -0.512 e. The first-order valence-corrected chi connectivity index (χ1v) is 8.81. The van der Waals surface area contributed by atoms with Crippen LogP contribution in [-0.2, 0) is 25.8 Å². The van der Waals surface area contributed by atoms with Crippen LogP contribution < -0.4 is 5.56 Å². The fraction of sp³-hybridized carbons (Fsp3) is 0.273. The molecule has 4 nitrogen and oxygen atoms in total. The van der Waals surface area contributed by atoms with E-state index >= 15 is 0 Å². The van der Waals surface area contributed by atoms with Gasteiger partial charge in [0, 0.05) is 12.1 Å². The first-order valence-electron chi connectivity index (χ1n) is 8.81. The van der Waals surface area contributed by atoms with E-state index in [9.17, 15) is 9.90 Å². The number of aryl methyl sites for hydroxylation is 2. The van der Waals surface area contributed by atoms with E-state index in [0.29, 0.717) is 24.4 Å². The van der Waals surface area contributed by atoms with Gasteiger partial charge in [-0.1, -0.05) is 36.3 Å². The summed E-state index contributed by atoms with van der Waals surface area (Å²) >= 11 is 0. The smallest absolute Gasteiger partial charge is 0.257 e. The van der Waals surface area contributed by atoms with Crippen molar-refractivity contribution in [3.8, 4) is 12.3 Å². The molecule has 0 amide bonds. The Morgan fingerprint density at radius 1 is 1.35 bits per heavy atom. The predicted octanol–water partition coefficient (Wildman–Crippen LogP) is 3.45. The highest BCUT2D eigenvalue weighted by Crippen LogP contribution is 2.22. The summed E-state index contributed by atoms with van der Waals surface area (Å²) in [5.74, 6) is 3.00. The van der Waals surface area contributed by atoms with Crippen molar-refractivity contribution in [1.29, 1.82) is 0 Å². The van der Waals surface area contributed by atoms with Gasteiger partial charge in [-0.2, -0.15) is 0 Å². The Balaban J connectivity index is 2.09. The molecule has 0 fully saturated rings. The molecule has 0 saturated carbocycles. The van der Waals surface area contributed by atoms with Crippen molar-refractivity contribution in [2.24, 2.45) is 0 Å². The minimum absolute atomic E-state index is 0.00807. The lowest BCUT2D eigenvalue weighted by Gasteiger charge is -2.16. The molecule has 3 rings (SSSR count). The number of rotatable bonds is 5. The van der Waals surface area contributed by atoms with Crippen LogP contribution in [0.3, 0.4) is 0 Å². The summed E-state index contributed by atoms with van der Waals surface area (Å²) in [5.41, 5.74) is 3.27. The number of nitrogens with zero attached hydrogens (tertiary/aromatic N) is 2. The zero-order valence-corrected chi connectivity index (χ0v) is 14.9. The van der Waals surface area contributed by atoms with Crippen LogP contribution in [0, 0.1) is 12.3 Å². The van der Waals surface area contributed by atoms with E-state index in [1.54, 1.807) is 17.6 Å². The molecular weight excluding hydrogens is 324 g/mol. The zero-order chi connectivity index (χ0) is 18.5. The van der Waals surface area contributed by atoms with Gasteiger partial charge in [0.25, 0.3) is 5.56 Å². The van der Waals surface area contributed by atoms with Crippen LogP contribution in [-0.4, -0.2) is 14.7 Å². The average molecular weight is 346 g/mol. The second-order valence-electron chi connectivity index (χ2n) is 6.41. The number of hydrogen-bond donors (Lipinski definition) is 1. The molecule has 4 heteroatoms. The number of terminal acetylenes is 1. The van der Waals surface area contributed by atoms with Gasteiger partial charge in [0.2, 0.25) is 0 Å². The van der Waals surface area contributed by atoms with Gasteiger partial charge in [-0.05, 0) is 50.3 Å². The summed E-state index contributed by atoms with van der Waals surface area (Å²) in [6, 6.07) is 10.0. The van der Waals surface area contributed by atoms with E-state index in [4.69, 9.17) is 11.4 Å². The Morgan fingerprint density at radius 2 is 2.12 bits per heavy atom. The lowest BCUT2D eigenvalue weighted by molar-refractivity contribution is 0.416. The third kappa shape index (κ3) is 3.62. The number of aliphatic hydroxyl groups is 1. The second-order valence-corrected chi connectivity index (χ2v) is 6.41. The second kappa shape index (κ2) is 7.88. The van der Waals surface area contributed by atoms with Crippen molar-refractivity contribution >= 4 is 5.57 Å². The molecule has 132 valence electrons. The van der Waals surface area contributed by atoms with E-state index in [-0.39, 0.29) is 11.3 Å². The molecule has 0 aliphatic heterocycles. The highest BCUT2D eigenvalue weighted by Gasteiger charge is 2.22. The van der Waals surface area contributed by atoms with Crippen LogP contribution in [0.1, 0.15) is 36.0 Å². The summed E-state index contributed by atoms with van der Waals surface area (Å²) < 4.78 is 1.67. The number of allylic oxidation sites excluding steroid dienone is 4. The number of hydrogen-bond acceptors (Lipinski definition) is 3. The summed E-state index contributed by atoms with van der Waals surface area (Å²) in [6.45, 7) is 2.08. The fourth-order valence-electron chi connectivity index (χ4n) is 3.32. The first-order chi connectivity index (χ1) is 12.6.